The molecule has 8 heteroatoms. The predicted octanol–water partition coefficient (Wildman–Crippen LogP) is 4.55. The first-order valence-electron chi connectivity index (χ1n) is 9.24. The Labute approximate surface area is 185 Å². The van der Waals surface area contributed by atoms with Crippen molar-refractivity contribution >= 4 is 39.1 Å². The van der Waals surface area contributed by atoms with Gasteiger partial charge in [0.15, 0.2) is 0 Å². The van der Waals surface area contributed by atoms with Crippen LogP contribution in [0.15, 0.2) is 85.1 Å². The minimum Gasteiger partial charge on any atom is -0.494 e. The van der Waals surface area contributed by atoms with E-state index < -0.39 is 17.1 Å². The second-order valence-electron chi connectivity index (χ2n) is 6.75. The normalized spacial score (nSPS) is 15.8. The molecule has 6 nitrogen and oxygen atoms in total. The largest absolute Gasteiger partial charge is 0.494 e. The Morgan fingerprint density at radius 2 is 1.97 bits per heavy atom. The van der Waals surface area contributed by atoms with E-state index in [1.165, 1.54) is 6.08 Å². The van der Waals surface area contributed by atoms with Crippen LogP contribution in [0, 0.1) is 0 Å². The second-order valence-corrected chi connectivity index (χ2v) is 8.91. The zero-order valence-corrected chi connectivity index (χ0v) is 18.2. The van der Waals surface area contributed by atoms with Crippen LogP contribution in [0.3, 0.4) is 0 Å². The summed E-state index contributed by atoms with van der Waals surface area (Å²) in [7, 11) is 0. The van der Waals surface area contributed by atoms with E-state index in [-0.39, 0.29) is 17.4 Å². The first-order valence-corrected chi connectivity index (χ1v) is 10.9. The fourth-order valence-corrected chi connectivity index (χ4v) is 4.85. The quantitative estimate of drug-likeness (QED) is 0.532. The smallest absolute Gasteiger partial charge is 0.331 e. The maximum absolute atomic E-state index is 12.7. The van der Waals surface area contributed by atoms with Crippen LogP contribution in [0.25, 0.3) is 0 Å². The zero-order valence-electron chi connectivity index (χ0n) is 15.8. The molecule has 1 aliphatic rings. The van der Waals surface area contributed by atoms with E-state index in [0.29, 0.717) is 12.1 Å². The molecule has 1 atom stereocenters. The van der Waals surface area contributed by atoms with Gasteiger partial charge in [-0.3, -0.25) is 19.3 Å². The minimum atomic E-state index is -0.686. The molecule has 0 bridgehead atoms. The third-order valence-electron chi connectivity index (χ3n) is 4.78. The van der Waals surface area contributed by atoms with Crippen LogP contribution in [0.4, 0.5) is 5.69 Å². The summed E-state index contributed by atoms with van der Waals surface area (Å²) in [6.45, 7) is 3.68. The number of aromatic hydroxyl groups is 1. The van der Waals surface area contributed by atoms with Gasteiger partial charge < -0.3 is 5.11 Å². The second kappa shape index (κ2) is 8.49. The highest BCUT2D eigenvalue weighted by Crippen LogP contribution is 2.45. The number of rotatable bonds is 4. The van der Waals surface area contributed by atoms with Gasteiger partial charge in [-0.1, -0.05) is 46.3 Å². The number of aliphatic imine (C=N–C) groups is 1. The lowest BCUT2D eigenvalue weighted by Gasteiger charge is -2.17. The molecule has 0 radical (unpaired) electrons. The number of halogens is 1. The summed E-state index contributed by atoms with van der Waals surface area (Å²) in [6.07, 6.45) is 1.89. The number of fused-ring (bicyclic) bond motifs is 1. The van der Waals surface area contributed by atoms with E-state index in [1.54, 1.807) is 11.8 Å². The van der Waals surface area contributed by atoms with Crippen molar-refractivity contribution in [2.45, 2.75) is 23.1 Å². The molecule has 0 saturated carbocycles. The highest BCUT2D eigenvalue weighted by Gasteiger charge is 2.27. The fraction of sp³-hybridized carbons (Fsp3) is 0.136. The standard InChI is InChI=1S/C22H18BrN3O3S/c1-2-11-26-21(28)19(20(27)25-22(26)29)16-12-18(13-7-9-14(23)10-8-13)30-17-6-4-3-5-15(17)24-16/h2-10,18,28H,1,11-12H2,(H,25,27,29). The molecule has 4 rings (SSSR count). The summed E-state index contributed by atoms with van der Waals surface area (Å²) in [6, 6.07) is 15.7. The van der Waals surface area contributed by atoms with Crippen molar-refractivity contribution in [3.8, 4) is 5.88 Å². The van der Waals surface area contributed by atoms with Crippen LogP contribution in [-0.4, -0.2) is 20.4 Å². The van der Waals surface area contributed by atoms with Crippen molar-refractivity contribution in [3.05, 3.63) is 97.6 Å². The van der Waals surface area contributed by atoms with Gasteiger partial charge in [0.1, 0.15) is 5.56 Å². The molecule has 2 N–H and O–H groups in total. The van der Waals surface area contributed by atoms with Crippen LogP contribution < -0.4 is 11.2 Å². The number of hydrogen-bond acceptors (Lipinski definition) is 5. The van der Waals surface area contributed by atoms with Crippen LogP contribution in [-0.2, 0) is 6.54 Å². The summed E-state index contributed by atoms with van der Waals surface area (Å²) >= 11 is 5.11. The molecule has 0 saturated heterocycles. The van der Waals surface area contributed by atoms with Gasteiger partial charge in [-0.25, -0.2) is 4.79 Å². The van der Waals surface area contributed by atoms with E-state index in [2.05, 4.69) is 27.5 Å². The highest BCUT2D eigenvalue weighted by molar-refractivity contribution is 9.10. The lowest BCUT2D eigenvalue weighted by Crippen LogP contribution is -2.34. The van der Waals surface area contributed by atoms with Gasteiger partial charge in [0.05, 0.1) is 11.4 Å². The SMILES string of the molecule is C=CCn1c(O)c(C2=Nc3ccccc3SC(c3ccc(Br)cc3)C2)c(=O)[nH]c1=O. The number of hydrogen-bond donors (Lipinski definition) is 2. The van der Waals surface area contributed by atoms with Gasteiger partial charge in [-0.15, -0.1) is 18.3 Å². The number of thioether (sulfide) groups is 1. The highest BCUT2D eigenvalue weighted by atomic mass is 79.9. The Balaban J connectivity index is 1.90. The number of nitrogens with one attached hydrogen (secondary N) is 1. The zero-order chi connectivity index (χ0) is 21.3. The summed E-state index contributed by atoms with van der Waals surface area (Å²) in [5, 5.41) is 10.7. The van der Waals surface area contributed by atoms with Crippen LogP contribution in [0.5, 0.6) is 5.88 Å². The van der Waals surface area contributed by atoms with E-state index in [0.717, 1.165) is 25.2 Å². The van der Waals surface area contributed by atoms with Crippen molar-refractivity contribution < 1.29 is 5.11 Å². The summed E-state index contributed by atoms with van der Waals surface area (Å²) in [5.41, 5.74) is 0.887. The summed E-state index contributed by atoms with van der Waals surface area (Å²) in [5.74, 6) is -0.402. The maximum Gasteiger partial charge on any atom is 0.331 e. The van der Waals surface area contributed by atoms with Crippen molar-refractivity contribution in [1.29, 1.82) is 0 Å². The Morgan fingerprint density at radius 1 is 1.23 bits per heavy atom. The average Bonchev–Trinajstić information content (AvgIpc) is 2.91. The lowest BCUT2D eigenvalue weighted by atomic mass is 10.0. The Hall–Kier alpha value is -2.84. The maximum atomic E-state index is 12.7. The van der Waals surface area contributed by atoms with Crippen molar-refractivity contribution in [2.24, 2.45) is 4.99 Å². The average molecular weight is 484 g/mol. The first kappa shape index (κ1) is 20.4. The van der Waals surface area contributed by atoms with Crippen LogP contribution >= 0.6 is 27.7 Å². The first-order chi connectivity index (χ1) is 14.5. The Morgan fingerprint density at radius 3 is 2.70 bits per heavy atom. The molecule has 0 spiro atoms. The molecule has 3 aromatic rings. The topological polar surface area (TPSA) is 87.4 Å². The van der Waals surface area contributed by atoms with Gasteiger partial charge in [0.25, 0.3) is 5.56 Å². The van der Waals surface area contributed by atoms with Crippen LogP contribution in [0.1, 0.15) is 22.8 Å². The fourth-order valence-electron chi connectivity index (χ4n) is 3.35. The molecule has 0 amide bonds. The van der Waals surface area contributed by atoms with E-state index in [9.17, 15) is 14.7 Å². The number of benzene rings is 2. The number of H-pyrrole nitrogens is 1. The third kappa shape index (κ3) is 3.93. The number of allylic oxidation sites excluding steroid dienone is 1. The Bertz CT molecular complexity index is 1260. The molecule has 152 valence electrons. The molecule has 0 aliphatic carbocycles. The minimum absolute atomic E-state index is 0.0101. The molecular formula is C22H18BrN3O3S. The predicted molar refractivity (Wildman–Crippen MR) is 123 cm³/mol. The lowest BCUT2D eigenvalue weighted by molar-refractivity contribution is 0.409. The Kier molecular flexibility index (Phi) is 5.78. The van der Waals surface area contributed by atoms with Crippen LogP contribution in [0.2, 0.25) is 0 Å². The molecule has 2 aromatic carbocycles. The molecule has 30 heavy (non-hydrogen) atoms. The summed E-state index contributed by atoms with van der Waals surface area (Å²) in [4.78, 5) is 32.8. The van der Waals surface area contributed by atoms with Gasteiger partial charge in [0.2, 0.25) is 5.88 Å². The third-order valence-corrected chi connectivity index (χ3v) is 6.63. The number of aromatic nitrogens is 2. The number of para-hydroxylation sites is 1. The van der Waals surface area contributed by atoms with E-state index in [1.807, 2.05) is 48.5 Å². The molecule has 1 aliphatic heterocycles. The van der Waals surface area contributed by atoms with Gasteiger partial charge in [-0.2, -0.15) is 0 Å². The van der Waals surface area contributed by atoms with Crippen molar-refractivity contribution in [2.75, 3.05) is 0 Å². The van der Waals surface area contributed by atoms with Gasteiger partial charge >= 0.3 is 5.69 Å². The van der Waals surface area contributed by atoms with Crippen molar-refractivity contribution in [1.82, 2.24) is 9.55 Å². The molecule has 1 aromatic heterocycles. The monoisotopic (exact) mass is 483 g/mol. The van der Waals surface area contributed by atoms with Gasteiger partial charge in [-0.05, 0) is 29.8 Å². The molecule has 0 fully saturated rings. The number of aromatic amines is 1. The van der Waals surface area contributed by atoms with Gasteiger partial charge in [0, 0.05) is 27.6 Å². The van der Waals surface area contributed by atoms with Crippen molar-refractivity contribution in [3.63, 3.8) is 0 Å². The van der Waals surface area contributed by atoms with E-state index in [4.69, 9.17) is 4.99 Å². The molecular weight excluding hydrogens is 466 g/mol. The molecule has 1 unspecified atom stereocenters. The van der Waals surface area contributed by atoms with E-state index >= 15 is 0 Å². The summed E-state index contributed by atoms with van der Waals surface area (Å²) < 4.78 is 2.05. The number of nitrogens with zero attached hydrogens (tertiary/aromatic N) is 2. The molecule has 2 heterocycles.